The van der Waals surface area contributed by atoms with Gasteiger partial charge in [-0.15, -0.1) is 0 Å². The molecule has 1 N–H and O–H groups in total. The van der Waals surface area contributed by atoms with Crippen LogP contribution in [-0.2, 0) is 20.6 Å². The van der Waals surface area contributed by atoms with Crippen molar-refractivity contribution in [3.05, 3.63) is 59.1 Å². The highest BCUT2D eigenvalue weighted by atomic mass is 35.5. The van der Waals surface area contributed by atoms with E-state index in [0.717, 1.165) is 16.5 Å². The van der Waals surface area contributed by atoms with E-state index in [2.05, 4.69) is 5.32 Å². The Balaban J connectivity index is 1.46. The standard InChI is InChI=1S/C22H27ClN2O4S2/c1-29-20-8-10-21(11-9-20)31(27,28)25-13-2-3-18(15-25)22(26)24-12-14-30-16-17-4-6-19(23)7-5-17/h4-11,18H,2-3,12-16H2,1H3,(H,24,26). The summed E-state index contributed by atoms with van der Waals surface area (Å²) in [5.41, 5.74) is 1.19. The van der Waals surface area contributed by atoms with E-state index >= 15 is 0 Å². The van der Waals surface area contributed by atoms with Crippen LogP contribution in [0.3, 0.4) is 0 Å². The van der Waals surface area contributed by atoms with Crippen LogP contribution in [0.4, 0.5) is 0 Å². The van der Waals surface area contributed by atoms with Gasteiger partial charge in [-0.2, -0.15) is 16.1 Å². The maximum absolute atomic E-state index is 13.0. The molecule has 1 aliphatic heterocycles. The molecule has 1 amide bonds. The molecule has 0 bridgehead atoms. The molecule has 0 spiro atoms. The van der Waals surface area contributed by atoms with Crippen molar-refractivity contribution in [2.24, 2.45) is 5.92 Å². The SMILES string of the molecule is COc1ccc(S(=O)(=O)N2CCCC(C(=O)NCCSCc3ccc(Cl)cc3)C2)cc1. The Kier molecular flexibility index (Phi) is 8.66. The molecule has 1 saturated heterocycles. The van der Waals surface area contributed by atoms with E-state index in [4.69, 9.17) is 16.3 Å². The molecule has 1 unspecified atom stereocenters. The Hall–Kier alpha value is -1.74. The highest BCUT2D eigenvalue weighted by Crippen LogP contribution is 2.25. The van der Waals surface area contributed by atoms with Crippen LogP contribution in [0.15, 0.2) is 53.4 Å². The van der Waals surface area contributed by atoms with E-state index in [0.29, 0.717) is 31.7 Å². The number of rotatable bonds is 9. The summed E-state index contributed by atoms with van der Waals surface area (Å²) in [6, 6.07) is 14.1. The first kappa shape index (κ1) is 23.9. The van der Waals surface area contributed by atoms with Crippen molar-refractivity contribution in [3.63, 3.8) is 0 Å². The van der Waals surface area contributed by atoms with Crippen LogP contribution in [0.5, 0.6) is 5.75 Å². The molecular formula is C22H27ClN2O4S2. The molecule has 0 saturated carbocycles. The molecular weight excluding hydrogens is 456 g/mol. The fourth-order valence-corrected chi connectivity index (χ4v) is 5.90. The lowest BCUT2D eigenvalue weighted by atomic mass is 9.99. The molecule has 0 aromatic heterocycles. The van der Waals surface area contributed by atoms with Gasteiger partial charge in [0.05, 0.1) is 17.9 Å². The number of ether oxygens (including phenoxy) is 1. The largest absolute Gasteiger partial charge is 0.497 e. The van der Waals surface area contributed by atoms with E-state index in [-0.39, 0.29) is 23.3 Å². The Morgan fingerprint density at radius 2 is 1.90 bits per heavy atom. The van der Waals surface area contributed by atoms with Crippen LogP contribution >= 0.6 is 23.4 Å². The Morgan fingerprint density at radius 3 is 2.58 bits per heavy atom. The zero-order valence-corrected chi connectivity index (χ0v) is 19.8. The lowest BCUT2D eigenvalue weighted by molar-refractivity contribution is -0.125. The Bertz CT molecular complexity index is 966. The van der Waals surface area contributed by atoms with Gasteiger partial charge >= 0.3 is 0 Å². The third-order valence-corrected chi connectivity index (χ3v) is 8.34. The first-order chi connectivity index (χ1) is 14.9. The number of hydrogen-bond donors (Lipinski definition) is 1. The van der Waals surface area contributed by atoms with Crippen LogP contribution in [0.2, 0.25) is 5.02 Å². The second-order valence-corrected chi connectivity index (χ2v) is 10.8. The van der Waals surface area contributed by atoms with Gasteiger partial charge in [0.25, 0.3) is 0 Å². The van der Waals surface area contributed by atoms with Crippen molar-refractivity contribution in [1.29, 1.82) is 0 Å². The number of halogens is 1. The normalized spacial score (nSPS) is 17.3. The first-order valence-corrected chi connectivity index (χ1v) is 13.1. The molecule has 1 heterocycles. The summed E-state index contributed by atoms with van der Waals surface area (Å²) in [5.74, 6) is 1.83. The minimum absolute atomic E-state index is 0.0817. The van der Waals surface area contributed by atoms with Crippen molar-refractivity contribution < 1.29 is 17.9 Å². The van der Waals surface area contributed by atoms with E-state index in [9.17, 15) is 13.2 Å². The molecule has 0 radical (unpaired) electrons. The van der Waals surface area contributed by atoms with E-state index < -0.39 is 10.0 Å². The second kappa shape index (κ2) is 11.2. The number of nitrogens with zero attached hydrogens (tertiary/aromatic N) is 1. The molecule has 168 valence electrons. The van der Waals surface area contributed by atoms with Crippen LogP contribution in [0.1, 0.15) is 18.4 Å². The Morgan fingerprint density at radius 1 is 1.19 bits per heavy atom. The Labute approximate surface area is 193 Å². The van der Waals surface area contributed by atoms with Crippen molar-refractivity contribution in [3.8, 4) is 5.75 Å². The molecule has 1 aliphatic rings. The quantitative estimate of drug-likeness (QED) is 0.550. The van der Waals surface area contributed by atoms with Gasteiger partial charge in [0, 0.05) is 36.2 Å². The highest BCUT2D eigenvalue weighted by molar-refractivity contribution is 7.98. The fraction of sp³-hybridized carbons (Fsp3) is 0.409. The van der Waals surface area contributed by atoms with Crippen LogP contribution < -0.4 is 10.1 Å². The minimum Gasteiger partial charge on any atom is -0.497 e. The summed E-state index contributed by atoms with van der Waals surface area (Å²) in [6.07, 6.45) is 1.36. The topological polar surface area (TPSA) is 75.7 Å². The van der Waals surface area contributed by atoms with Crippen LogP contribution in [0, 0.1) is 5.92 Å². The van der Waals surface area contributed by atoms with Gasteiger partial charge in [0.15, 0.2) is 0 Å². The molecule has 2 aromatic carbocycles. The van der Waals surface area contributed by atoms with Gasteiger partial charge in [-0.05, 0) is 54.8 Å². The maximum Gasteiger partial charge on any atom is 0.243 e. The number of carbonyl (C=O) groups excluding carboxylic acids is 1. The van der Waals surface area contributed by atoms with Gasteiger partial charge in [-0.3, -0.25) is 4.79 Å². The summed E-state index contributed by atoms with van der Waals surface area (Å²) in [4.78, 5) is 12.8. The number of thioether (sulfide) groups is 1. The molecule has 0 aliphatic carbocycles. The summed E-state index contributed by atoms with van der Waals surface area (Å²) >= 11 is 7.62. The summed E-state index contributed by atoms with van der Waals surface area (Å²) in [7, 11) is -2.10. The number of hydrogen-bond acceptors (Lipinski definition) is 5. The second-order valence-electron chi connectivity index (χ2n) is 7.35. The number of methoxy groups -OCH3 is 1. The maximum atomic E-state index is 13.0. The summed E-state index contributed by atoms with van der Waals surface area (Å²) in [6.45, 7) is 1.19. The predicted octanol–water partition coefficient (Wildman–Crippen LogP) is 3.80. The lowest BCUT2D eigenvalue weighted by Crippen LogP contribution is -2.45. The average Bonchev–Trinajstić information content (AvgIpc) is 2.80. The zero-order chi connectivity index (χ0) is 22.3. The predicted molar refractivity (Wildman–Crippen MR) is 125 cm³/mol. The van der Waals surface area contributed by atoms with E-state index in [1.165, 1.54) is 29.1 Å². The molecule has 2 aromatic rings. The number of piperidine rings is 1. The third kappa shape index (κ3) is 6.62. The molecule has 31 heavy (non-hydrogen) atoms. The van der Waals surface area contributed by atoms with Crippen molar-refractivity contribution in [1.82, 2.24) is 9.62 Å². The summed E-state index contributed by atoms with van der Waals surface area (Å²) < 4.78 is 32.4. The fourth-order valence-electron chi connectivity index (χ4n) is 3.43. The van der Waals surface area contributed by atoms with Gasteiger partial charge in [-0.1, -0.05) is 23.7 Å². The van der Waals surface area contributed by atoms with Crippen molar-refractivity contribution in [2.75, 3.05) is 32.5 Å². The summed E-state index contributed by atoms with van der Waals surface area (Å²) in [5, 5.41) is 3.67. The molecule has 1 atom stereocenters. The van der Waals surface area contributed by atoms with Gasteiger partial charge in [0.2, 0.25) is 15.9 Å². The number of nitrogens with one attached hydrogen (secondary N) is 1. The molecule has 6 nitrogen and oxygen atoms in total. The third-order valence-electron chi connectivity index (χ3n) is 5.18. The van der Waals surface area contributed by atoms with Crippen LogP contribution in [-0.4, -0.2) is 51.1 Å². The monoisotopic (exact) mass is 482 g/mol. The first-order valence-electron chi connectivity index (χ1n) is 10.1. The highest BCUT2D eigenvalue weighted by Gasteiger charge is 2.33. The molecule has 1 fully saturated rings. The zero-order valence-electron chi connectivity index (χ0n) is 17.4. The molecule has 9 heteroatoms. The van der Waals surface area contributed by atoms with Crippen LogP contribution in [0.25, 0.3) is 0 Å². The van der Waals surface area contributed by atoms with Gasteiger partial charge in [0.1, 0.15) is 5.75 Å². The van der Waals surface area contributed by atoms with Crippen molar-refractivity contribution in [2.45, 2.75) is 23.5 Å². The number of sulfonamides is 1. The minimum atomic E-state index is -3.63. The smallest absolute Gasteiger partial charge is 0.243 e. The van der Waals surface area contributed by atoms with Gasteiger partial charge < -0.3 is 10.1 Å². The van der Waals surface area contributed by atoms with E-state index in [1.807, 2.05) is 24.3 Å². The number of amides is 1. The van der Waals surface area contributed by atoms with Crippen molar-refractivity contribution >= 4 is 39.3 Å². The number of benzene rings is 2. The lowest BCUT2D eigenvalue weighted by Gasteiger charge is -2.31. The number of carbonyl (C=O) groups is 1. The van der Waals surface area contributed by atoms with E-state index in [1.54, 1.807) is 23.9 Å². The average molecular weight is 483 g/mol. The van der Waals surface area contributed by atoms with Gasteiger partial charge in [-0.25, -0.2) is 8.42 Å². The molecule has 3 rings (SSSR count).